The highest BCUT2D eigenvalue weighted by molar-refractivity contribution is 4.63. The molecule has 0 aromatic heterocycles. The number of ether oxygens (including phenoxy) is 1. The van der Waals surface area contributed by atoms with E-state index in [9.17, 15) is 0 Å². The van der Waals surface area contributed by atoms with Gasteiger partial charge < -0.3 is 4.74 Å². The molecule has 0 unspecified atom stereocenters. The summed E-state index contributed by atoms with van der Waals surface area (Å²) in [6.07, 6.45) is 1.73. The van der Waals surface area contributed by atoms with Gasteiger partial charge in [0.05, 0.1) is 13.3 Å². The summed E-state index contributed by atoms with van der Waals surface area (Å²) in [4.78, 5) is 0. The zero-order chi connectivity index (χ0) is 6.24. The maximum Gasteiger partial charge on any atom is 0.0969 e. The highest BCUT2D eigenvalue weighted by Crippen LogP contribution is 1.69. The summed E-state index contributed by atoms with van der Waals surface area (Å²) in [6.45, 7) is 7.76. The van der Waals surface area contributed by atoms with Gasteiger partial charge in [0.1, 0.15) is 0 Å². The molecule has 2 nitrogen and oxygen atoms in total. The van der Waals surface area contributed by atoms with E-state index in [2.05, 4.69) is 11.9 Å². The Bertz CT molecular complexity index is 54.5. The first kappa shape index (κ1) is 7.66. The summed E-state index contributed by atoms with van der Waals surface area (Å²) in [5.41, 5.74) is 0. The third-order valence-electron chi connectivity index (χ3n) is 0.690. The van der Waals surface area contributed by atoms with E-state index in [1.807, 2.05) is 6.92 Å². The first-order valence-electron chi connectivity index (χ1n) is 2.81. The van der Waals surface area contributed by atoms with Crippen LogP contribution in [0.25, 0.3) is 0 Å². The molecule has 0 heterocycles. The van der Waals surface area contributed by atoms with Crippen molar-refractivity contribution in [2.45, 2.75) is 6.92 Å². The van der Waals surface area contributed by atoms with Crippen LogP contribution >= 0.6 is 0 Å². The molecule has 0 spiro atoms. The molecule has 0 saturated heterocycles. The molecule has 0 bridgehead atoms. The fourth-order valence-electron chi connectivity index (χ4n) is 0.316. The molecule has 0 atom stereocenters. The third kappa shape index (κ3) is 5.66. The molecular formula is C6H13NO. The first-order chi connectivity index (χ1) is 3.91. The van der Waals surface area contributed by atoms with Crippen LogP contribution in [-0.4, -0.2) is 19.9 Å². The van der Waals surface area contributed by atoms with E-state index < -0.39 is 0 Å². The Hall–Kier alpha value is -0.340. The average Bonchev–Trinajstić information content (AvgIpc) is 1.81. The van der Waals surface area contributed by atoms with Gasteiger partial charge in [0.2, 0.25) is 0 Å². The Morgan fingerprint density at radius 3 is 3.00 bits per heavy atom. The van der Waals surface area contributed by atoms with Gasteiger partial charge in [-0.05, 0) is 6.54 Å². The molecule has 0 aliphatic carbocycles. The Morgan fingerprint density at radius 1 is 1.75 bits per heavy atom. The van der Waals surface area contributed by atoms with Crippen LogP contribution in [0.3, 0.4) is 0 Å². The van der Waals surface area contributed by atoms with Crippen molar-refractivity contribution in [2.24, 2.45) is 0 Å². The predicted octanol–water partition coefficient (Wildman–Crippen LogP) is 0.756. The third-order valence-corrected chi connectivity index (χ3v) is 0.690. The van der Waals surface area contributed by atoms with Gasteiger partial charge in [0.15, 0.2) is 0 Å². The van der Waals surface area contributed by atoms with Crippen LogP contribution in [0.2, 0.25) is 0 Å². The van der Waals surface area contributed by atoms with Crippen LogP contribution in [0.5, 0.6) is 0 Å². The molecule has 0 rings (SSSR count). The molecule has 0 aromatic carbocycles. The van der Waals surface area contributed by atoms with Crippen molar-refractivity contribution in [1.29, 1.82) is 0 Å². The van der Waals surface area contributed by atoms with E-state index in [0.717, 1.165) is 6.54 Å². The van der Waals surface area contributed by atoms with Gasteiger partial charge in [-0.15, -0.1) is 6.58 Å². The second kappa shape index (κ2) is 6.66. The zero-order valence-corrected chi connectivity index (χ0v) is 5.31. The summed E-state index contributed by atoms with van der Waals surface area (Å²) in [7, 11) is 0. The molecule has 0 aliphatic rings. The van der Waals surface area contributed by atoms with Gasteiger partial charge >= 0.3 is 0 Å². The topological polar surface area (TPSA) is 21.3 Å². The van der Waals surface area contributed by atoms with Crippen molar-refractivity contribution in [2.75, 3.05) is 19.9 Å². The number of nitrogens with one attached hydrogen (secondary N) is 1. The lowest BCUT2D eigenvalue weighted by Gasteiger charge is -1.98. The fourth-order valence-corrected chi connectivity index (χ4v) is 0.316. The summed E-state index contributed by atoms with van der Waals surface area (Å²) < 4.78 is 4.99. The molecule has 0 radical (unpaired) electrons. The molecular weight excluding hydrogens is 102 g/mol. The molecule has 0 aliphatic heterocycles. The van der Waals surface area contributed by atoms with E-state index in [0.29, 0.717) is 13.3 Å². The Balaban J connectivity index is 2.62. The fraction of sp³-hybridized carbons (Fsp3) is 0.667. The SMILES string of the molecule is C=CCOCNCC. The highest BCUT2D eigenvalue weighted by Gasteiger charge is 1.76. The second-order valence-electron chi connectivity index (χ2n) is 1.41. The molecule has 48 valence electrons. The smallest absolute Gasteiger partial charge is 0.0969 e. The average molecular weight is 115 g/mol. The number of hydrogen-bond donors (Lipinski definition) is 1. The Kier molecular flexibility index (Phi) is 6.38. The lowest BCUT2D eigenvalue weighted by molar-refractivity contribution is 0.144. The maximum absolute atomic E-state index is 4.99. The molecule has 0 saturated carbocycles. The Morgan fingerprint density at radius 2 is 2.50 bits per heavy atom. The van der Waals surface area contributed by atoms with Gasteiger partial charge in [0, 0.05) is 0 Å². The van der Waals surface area contributed by atoms with Crippen molar-refractivity contribution >= 4 is 0 Å². The molecule has 1 N–H and O–H groups in total. The van der Waals surface area contributed by atoms with Crippen LogP contribution in [0.1, 0.15) is 6.92 Å². The van der Waals surface area contributed by atoms with Crippen LogP contribution in [0.15, 0.2) is 12.7 Å². The van der Waals surface area contributed by atoms with Crippen molar-refractivity contribution < 1.29 is 4.74 Å². The molecule has 8 heavy (non-hydrogen) atoms. The van der Waals surface area contributed by atoms with E-state index in [1.54, 1.807) is 6.08 Å². The Labute approximate surface area is 50.5 Å². The maximum atomic E-state index is 4.99. The van der Waals surface area contributed by atoms with Crippen molar-refractivity contribution in [1.82, 2.24) is 5.32 Å². The molecule has 0 amide bonds. The summed E-state index contributed by atoms with van der Waals surface area (Å²) in [6, 6.07) is 0. The van der Waals surface area contributed by atoms with Crippen LogP contribution in [0, 0.1) is 0 Å². The first-order valence-corrected chi connectivity index (χ1v) is 2.81. The molecule has 0 aromatic rings. The summed E-state index contributed by atoms with van der Waals surface area (Å²) in [5.74, 6) is 0. The van der Waals surface area contributed by atoms with Crippen molar-refractivity contribution in [3.63, 3.8) is 0 Å². The molecule has 2 heteroatoms. The van der Waals surface area contributed by atoms with E-state index in [1.165, 1.54) is 0 Å². The monoisotopic (exact) mass is 115 g/mol. The standard InChI is InChI=1S/C6H13NO/c1-3-5-8-6-7-4-2/h3,7H,1,4-6H2,2H3. The largest absolute Gasteiger partial charge is 0.362 e. The number of rotatable bonds is 5. The van der Waals surface area contributed by atoms with E-state index in [-0.39, 0.29) is 0 Å². The minimum Gasteiger partial charge on any atom is -0.362 e. The van der Waals surface area contributed by atoms with Crippen LogP contribution in [0.4, 0.5) is 0 Å². The van der Waals surface area contributed by atoms with E-state index >= 15 is 0 Å². The second-order valence-corrected chi connectivity index (χ2v) is 1.41. The predicted molar refractivity (Wildman–Crippen MR) is 34.7 cm³/mol. The number of hydrogen-bond acceptors (Lipinski definition) is 2. The van der Waals surface area contributed by atoms with Gasteiger partial charge in [0.25, 0.3) is 0 Å². The molecule has 0 fully saturated rings. The van der Waals surface area contributed by atoms with Gasteiger partial charge in [-0.1, -0.05) is 13.0 Å². The minimum absolute atomic E-state index is 0.628. The summed E-state index contributed by atoms with van der Waals surface area (Å²) in [5, 5.41) is 3.01. The van der Waals surface area contributed by atoms with Gasteiger partial charge in [-0.3, -0.25) is 5.32 Å². The van der Waals surface area contributed by atoms with Crippen LogP contribution < -0.4 is 5.32 Å². The lowest BCUT2D eigenvalue weighted by atomic mass is 10.7. The summed E-state index contributed by atoms with van der Waals surface area (Å²) >= 11 is 0. The van der Waals surface area contributed by atoms with E-state index in [4.69, 9.17) is 4.74 Å². The quantitative estimate of drug-likeness (QED) is 0.324. The normalized spacial score (nSPS) is 9.12. The van der Waals surface area contributed by atoms with Gasteiger partial charge in [-0.2, -0.15) is 0 Å². The van der Waals surface area contributed by atoms with Crippen LogP contribution in [-0.2, 0) is 4.74 Å². The minimum atomic E-state index is 0.628. The zero-order valence-electron chi connectivity index (χ0n) is 5.31. The van der Waals surface area contributed by atoms with Crippen molar-refractivity contribution in [3.8, 4) is 0 Å². The highest BCUT2D eigenvalue weighted by atomic mass is 16.5. The van der Waals surface area contributed by atoms with Gasteiger partial charge in [-0.25, -0.2) is 0 Å². The van der Waals surface area contributed by atoms with Crippen molar-refractivity contribution in [3.05, 3.63) is 12.7 Å². The lowest BCUT2D eigenvalue weighted by Crippen LogP contribution is -2.16.